The fraction of sp³-hybridized carbons (Fsp3) is 0.440. The lowest BCUT2D eigenvalue weighted by atomic mass is 9.97. The summed E-state index contributed by atoms with van der Waals surface area (Å²) in [5.41, 5.74) is 7.70. The zero-order valence-electron chi connectivity index (χ0n) is 21.3. The van der Waals surface area contributed by atoms with E-state index >= 15 is 0 Å². The molecule has 2 aliphatic rings. The Hall–Kier alpha value is -4.26. The zero-order valence-corrected chi connectivity index (χ0v) is 21.3. The molecule has 198 valence electrons. The minimum Gasteiger partial charge on any atom is -0.461 e. The van der Waals surface area contributed by atoms with Crippen LogP contribution < -0.4 is 20.9 Å². The van der Waals surface area contributed by atoms with Gasteiger partial charge < -0.3 is 25.3 Å². The molecule has 6 heterocycles. The van der Waals surface area contributed by atoms with Gasteiger partial charge in [-0.1, -0.05) is 0 Å². The number of rotatable bonds is 6. The van der Waals surface area contributed by atoms with Crippen LogP contribution in [0.25, 0.3) is 17.4 Å². The van der Waals surface area contributed by atoms with Crippen LogP contribution in [0.5, 0.6) is 0 Å². The Labute approximate surface area is 219 Å². The van der Waals surface area contributed by atoms with Crippen LogP contribution in [-0.2, 0) is 0 Å². The van der Waals surface area contributed by atoms with Crippen LogP contribution in [-0.4, -0.2) is 93.2 Å². The quantitative estimate of drug-likeness (QED) is 0.380. The number of carbonyl (C=O) groups excluding carboxylic acids is 1. The van der Waals surface area contributed by atoms with Crippen molar-refractivity contribution >= 4 is 29.3 Å². The van der Waals surface area contributed by atoms with Crippen molar-refractivity contribution in [3.63, 3.8) is 0 Å². The van der Waals surface area contributed by atoms with Crippen molar-refractivity contribution in [3.05, 3.63) is 42.4 Å². The molecule has 0 bridgehead atoms. The predicted molar refractivity (Wildman–Crippen MR) is 142 cm³/mol. The van der Waals surface area contributed by atoms with Crippen LogP contribution >= 0.6 is 0 Å². The van der Waals surface area contributed by atoms with Crippen LogP contribution in [0.4, 0.5) is 17.6 Å². The molecule has 3 N–H and O–H groups in total. The molecule has 13 nitrogen and oxygen atoms in total. The van der Waals surface area contributed by atoms with E-state index < -0.39 is 0 Å². The second-order valence-electron chi connectivity index (χ2n) is 9.73. The third-order valence-corrected chi connectivity index (χ3v) is 7.22. The van der Waals surface area contributed by atoms with Gasteiger partial charge in [-0.15, -0.1) is 5.10 Å². The van der Waals surface area contributed by atoms with Crippen LogP contribution in [0.1, 0.15) is 23.3 Å². The average molecular weight is 518 g/mol. The maximum atomic E-state index is 12.0. The number of nitrogens with zero attached hydrogens (tertiary/aromatic N) is 9. The lowest BCUT2D eigenvalue weighted by Gasteiger charge is -2.40. The van der Waals surface area contributed by atoms with Gasteiger partial charge in [-0.05, 0) is 43.0 Å². The van der Waals surface area contributed by atoms with Crippen molar-refractivity contribution in [2.24, 2.45) is 5.92 Å². The largest absolute Gasteiger partial charge is 0.461 e. The van der Waals surface area contributed by atoms with Crippen molar-refractivity contribution < 1.29 is 9.21 Å². The predicted octanol–water partition coefficient (Wildman–Crippen LogP) is 1.15. The number of fused-ring (bicyclic) bond motifs is 1. The normalized spacial score (nSPS) is 18.7. The number of piperazine rings is 1. The highest BCUT2D eigenvalue weighted by Crippen LogP contribution is 2.25. The highest BCUT2D eigenvalue weighted by atomic mass is 16.3. The van der Waals surface area contributed by atoms with E-state index in [1.807, 2.05) is 12.1 Å². The van der Waals surface area contributed by atoms with Crippen LogP contribution in [0.3, 0.4) is 0 Å². The highest BCUT2D eigenvalue weighted by molar-refractivity contribution is 5.92. The number of furan rings is 1. The standard InChI is InChI=1S/C25H31N11O2/c1-27-22(37)19-14-18(6-7-28-19)34-11-9-33(10-12-34)15-17-4-2-8-35(16-17)24-30-23(26)36-25(31-24)29-21(32-36)20-5-3-13-38-20/h3,5-7,13-14,17H,2,4,8-12,15-16H2,1H3,(H,27,37)(H2,26,29,30,31,32). The summed E-state index contributed by atoms with van der Waals surface area (Å²) in [6.07, 6.45) is 5.52. The van der Waals surface area contributed by atoms with Gasteiger partial charge in [-0.25, -0.2) is 0 Å². The molecule has 0 spiro atoms. The molecule has 13 heteroatoms. The smallest absolute Gasteiger partial charge is 0.269 e. The Kier molecular flexibility index (Phi) is 6.50. The molecule has 0 aromatic carbocycles. The molecular weight excluding hydrogens is 486 g/mol. The summed E-state index contributed by atoms with van der Waals surface area (Å²) in [5.74, 6) is 2.59. The van der Waals surface area contributed by atoms with Gasteiger partial charge in [0.1, 0.15) is 5.69 Å². The van der Waals surface area contributed by atoms with Crippen molar-refractivity contribution in [1.29, 1.82) is 0 Å². The van der Waals surface area contributed by atoms with Crippen LogP contribution in [0, 0.1) is 5.92 Å². The number of nitrogens with two attached hydrogens (primary N) is 1. The molecular formula is C25H31N11O2. The number of aromatic nitrogens is 6. The van der Waals surface area contributed by atoms with Crippen molar-refractivity contribution in [2.45, 2.75) is 12.8 Å². The number of hydrogen-bond acceptors (Lipinski definition) is 11. The molecule has 0 aliphatic carbocycles. The number of nitrogen functional groups attached to an aromatic ring is 1. The van der Waals surface area contributed by atoms with E-state index in [0.29, 0.717) is 34.9 Å². The molecule has 1 amide bonds. The van der Waals surface area contributed by atoms with Gasteiger partial charge in [-0.2, -0.15) is 19.5 Å². The van der Waals surface area contributed by atoms with Gasteiger partial charge in [0, 0.05) is 64.7 Å². The topological polar surface area (TPSA) is 147 Å². The molecule has 4 aromatic rings. The molecule has 1 atom stereocenters. The lowest BCUT2D eigenvalue weighted by Crippen LogP contribution is -2.50. The van der Waals surface area contributed by atoms with Crippen molar-refractivity contribution in [3.8, 4) is 11.6 Å². The molecule has 38 heavy (non-hydrogen) atoms. The first-order valence-electron chi connectivity index (χ1n) is 12.9. The van der Waals surface area contributed by atoms with Crippen molar-refractivity contribution in [1.82, 2.24) is 39.8 Å². The SMILES string of the molecule is CNC(=O)c1cc(N2CCN(CC3CCCN(c4nc(N)n5nc(-c6ccco6)nc5n4)C3)CC2)ccn1. The molecule has 0 saturated carbocycles. The Bertz CT molecular complexity index is 1410. The van der Waals surface area contributed by atoms with E-state index in [0.717, 1.165) is 57.9 Å². The van der Waals surface area contributed by atoms with E-state index in [-0.39, 0.29) is 11.9 Å². The second kappa shape index (κ2) is 10.2. The first-order chi connectivity index (χ1) is 18.6. The molecule has 0 radical (unpaired) electrons. The number of anilines is 3. The monoisotopic (exact) mass is 517 g/mol. The lowest BCUT2D eigenvalue weighted by molar-refractivity contribution is 0.0958. The van der Waals surface area contributed by atoms with Gasteiger partial charge in [0.25, 0.3) is 11.7 Å². The maximum absolute atomic E-state index is 12.0. The first kappa shape index (κ1) is 24.1. The number of nitrogens with one attached hydrogen (secondary N) is 1. The third-order valence-electron chi connectivity index (χ3n) is 7.22. The first-order valence-corrected chi connectivity index (χ1v) is 12.9. The summed E-state index contributed by atoms with van der Waals surface area (Å²) >= 11 is 0. The summed E-state index contributed by atoms with van der Waals surface area (Å²) in [6.45, 7) is 6.54. The number of amides is 1. The number of piperidine rings is 1. The second-order valence-corrected chi connectivity index (χ2v) is 9.73. The summed E-state index contributed by atoms with van der Waals surface area (Å²) in [5, 5.41) is 7.03. The summed E-state index contributed by atoms with van der Waals surface area (Å²) < 4.78 is 6.86. The Morgan fingerprint density at radius 3 is 2.79 bits per heavy atom. The van der Waals surface area contributed by atoms with E-state index in [1.165, 1.54) is 10.9 Å². The third kappa shape index (κ3) is 4.84. The highest BCUT2D eigenvalue weighted by Gasteiger charge is 2.27. The number of pyridine rings is 1. The summed E-state index contributed by atoms with van der Waals surface area (Å²) in [7, 11) is 1.62. The van der Waals surface area contributed by atoms with E-state index in [2.05, 4.69) is 45.1 Å². The number of carbonyl (C=O) groups is 1. The zero-order chi connectivity index (χ0) is 26.1. The van der Waals surface area contributed by atoms with Gasteiger partial charge in [0.15, 0.2) is 5.76 Å². The van der Waals surface area contributed by atoms with Gasteiger partial charge in [0.05, 0.1) is 6.26 Å². The fourth-order valence-corrected chi connectivity index (χ4v) is 5.26. The van der Waals surface area contributed by atoms with Crippen LogP contribution in [0.15, 0.2) is 41.1 Å². The average Bonchev–Trinajstić information content (AvgIpc) is 3.64. The van der Waals surface area contributed by atoms with E-state index in [4.69, 9.17) is 10.2 Å². The summed E-state index contributed by atoms with van der Waals surface area (Å²) in [4.78, 5) is 36.9. The molecule has 2 aliphatic heterocycles. The molecule has 2 saturated heterocycles. The van der Waals surface area contributed by atoms with Crippen molar-refractivity contribution in [2.75, 3.05) is 68.4 Å². The number of hydrogen-bond donors (Lipinski definition) is 2. The Morgan fingerprint density at radius 2 is 2.00 bits per heavy atom. The molecule has 6 rings (SSSR count). The van der Waals surface area contributed by atoms with Gasteiger partial charge in [0.2, 0.25) is 17.7 Å². The van der Waals surface area contributed by atoms with Crippen LogP contribution in [0.2, 0.25) is 0 Å². The van der Waals surface area contributed by atoms with Gasteiger partial charge >= 0.3 is 0 Å². The van der Waals surface area contributed by atoms with E-state index in [1.54, 1.807) is 31.6 Å². The Balaban J connectivity index is 1.08. The minimum atomic E-state index is -0.167. The van der Waals surface area contributed by atoms with Gasteiger partial charge in [-0.3, -0.25) is 14.7 Å². The fourth-order valence-electron chi connectivity index (χ4n) is 5.26. The maximum Gasteiger partial charge on any atom is 0.269 e. The molecule has 2 fully saturated rings. The Morgan fingerprint density at radius 1 is 1.13 bits per heavy atom. The summed E-state index contributed by atoms with van der Waals surface area (Å²) in [6, 6.07) is 7.42. The molecule has 4 aromatic heterocycles. The molecule has 1 unspecified atom stereocenters. The minimum absolute atomic E-state index is 0.167. The van der Waals surface area contributed by atoms with E-state index in [9.17, 15) is 4.79 Å².